The highest BCUT2D eigenvalue weighted by molar-refractivity contribution is 5.71. The molecule has 0 aliphatic heterocycles. The molecule has 0 unspecified atom stereocenters. The van der Waals surface area contributed by atoms with Gasteiger partial charge in [-0.25, -0.2) is 0 Å². The molecular weight excluding hydrogens is 250 g/mol. The van der Waals surface area contributed by atoms with Crippen LogP contribution in [0.3, 0.4) is 0 Å². The van der Waals surface area contributed by atoms with Crippen LogP contribution >= 0.6 is 0 Å². The van der Waals surface area contributed by atoms with Crippen molar-refractivity contribution in [1.82, 2.24) is 0 Å². The fourth-order valence-corrected chi connectivity index (χ4v) is 3.30. The highest BCUT2D eigenvalue weighted by Gasteiger charge is 2.35. The second kappa shape index (κ2) is 9.38. The Kier molecular flexibility index (Phi) is 8.20. The van der Waals surface area contributed by atoms with Crippen molar-refractivity contribution in [2.45, 2.75) is 95.9 Å². The Labute approximate surface area is 124 Å². The first-order valence-electron chi connectivity index (χ1n) is 8.58. The van der Waals surface area contributed by atoms with Crippen LogP contribution in [-0.2, 0) is 4.79 Å². The molecule has 3 heteroatoms. The molecule has 0 amide bonds. The topological polar surface area (TPSA) is 63.3 Å². The molecule has 1 fully saturated rings. The normalized spacial score (nSPS) is 24.5. The Morgan fingerprint density at radius 1 is 0.850 bits per heavy atom. The van der Waals surface area contributed by atoms with Crippen LogP contribution in [0.2, 0.25) is 0 Å². The van der Waals surface area contributed by atoms with Crippen LogP contribution < -0.4 is 5.73 Å². The second-order valence-corrected chi connectivity index (χ2v) is 6.68. The second-order valence-electron chi connectivity index (χ2n) is 6.68. The molecule has 0 saturated heterocycles. The van der Waals surface area contributed by atoms with Gasteiger partial charge in [0.2, 0.25) is 0 Å². The number of hydrogen-bond acceptors (Lipinski definition) is 2. The number of carboxylic acids is 1. The fourth-order valence-electron chi connectivity index (χ4n) is 3.30. The molecule has 1 rings (SSSR count). The molecule has 0 radical (unpaired) electrons. The Morgan fingerprint density at radius 3 is 1.45 bits per heavy atom. The van der Waals surface area contributed by atoms with Crippen LogP contribution in [0.5, 0.6) is 0 Å². The molecule has 118 valence electrons. The van der Waals surface area contributed by atoms with Gasteiger partial charge in [0.15, 0.2) is 0 Å². The molecule has 0 aromatic heterocycles. The number of carbonyl (C=O) groups is 1. The summed E-state index contributed by atoms with van der Waals surface area (Å²) in [5.74, 6) is -1.18. The van der Waals surface area contributed by atoms with Crippen LogP contribution in [0, 0.1) is 5.92 Å². The van der Waals surface area contributed by atoms with Crippen molar-refractivity contribution in [3.05, 3.63) is 0 Å². The third kappa shape index (κ3) is 6.25. The van der Waals surface area contributed by atoms with Gasteiger partial charge in [0.05, 0.1) is 5.92 Å². The van der Waals surface area contributed by atoms with Crippen molar-refractivity contribution in [1.29, 1.82) is 0 Å². The summed E-state index contributed by atoms with van der Waals surface area (Å²) in [6.45, 7) is 1.78. The monoisotopic (exact) mass is 283 g/mol. The number of carboxylic acid groups (broad SMARTS) is 1. The average Bonchev–Trinajstić information content (AvgIpc) is 2.42. The molecular formula is C17H33NO2. The van der Waals surface area contributed by atoms with E-state index < -0.39 is 17.4 Å². The first-order valence-corrected chi connectivity index (χ1v) is 8.58. The third-order valence-corrected chi connectivity index (χ3v) is 5.02. The maximum Gasteiger partial charge on any atom is 0.308 e. The first kappa shape index (κ1) is 17.5. The average molecular weight is 283 g/mol. The minimum Gasteiger partial charge on any atom is -0.481 e. The number of rotatable bonds is 2. The lowest BCUT2D eigenvalue weighted by atomic mass is 9.77. The van der Waals surface area contributed by atoms with E-state index in [0.29, 0.717) is 0 Å². The number of nitrogens with two attached hydrogens (primary N) is 1. The quantitative estimate of drug-likeness (QED) is 0.785. The molecule has 1 aliphatic rings. The van der Waals surface area contributed by atoms with Gasteiger partial charge < -0.3 is 10.8 Å². The minimum atomic E-state index is -0.742. The van der Waals surface area contributed by atoms with E-state index in [4.69, 9.17) is 5.73 Å². The highest BCUT2D eigenvalue weighted by atomic mass is 16.4. The zero-order valence-electron chi connectivity index (χ0n) is 13.2. The van der Waals surface area contributed by atoms with Gasteiger partial charge in [-0.05, 0) is 12.8 Å². The van der Waals surface area contributed by atoms with Crippen molar-refractivity contribution >= 4 is 5.97 Å². The van der Waals surface area contributed by atoms with Crippen LogP contribution in [0.25, 0.3) is 0 Å². The van der Waals surface area contributed by atoms with Crippen molar-refractivity contribution in [3.63, 3.8) is 0 Å². The minimum absolute atomic E-state index is 0.435. The largest absolute Gasteiger partial charge is 0.481 e. The van der Waals surface area contributed by atoms with Crippen molar-refractivity contribution in [2.24, 2.45) is 11.7 Å². The van der Waals surface area contributed by atoms with Crippen molar-refractivity contribution in [3.8, 4) is 0 Å². The molecule has 0 spiro atoms. The third-order valence-electron chi connectivity index (χ3n) is 5.02. The Bertz CT molecular complexity index is 264. The lowest BCUT2D eigenvalue weighted by Crippen LogP contribution is -2.49. The van der Waals surface area contributed by atoms with Gasteiger partial charge in [0, 0.05) is 5.54 Å². The molecule has 20 heavy (non-hydrogen) atoms. The van der Waals surface area contributed by atoms with Crippen LogP contribution in [0.15, 0.2) is 0 Å². The molecule has 1 saturated carbocycles. The van der Waals surface area contributed by atoms with E-state index in [1.165, 1.54) is 57.8 Å². The van der Waals surface area contributed by atoms with E-state index in [9.17, 15) is 9.90 Å². The smallest absolute Gasteiger partial charge is 0.308 e. The molecule has 0 bridgehead atoms. The molecule has 0 aromatic rings. The molecule has 1 aliphatic carbocycles. The predicted octanol–water partition coefficient (Wildman–Crippen LogP) is 4.49. The van der Waals surface area contributed by atoms with Crippen molar-refractivity contribution in [2.75, 3.05) is 0 Å². The van der Waals surface area contributed by atoms with Gasteiger partial charge >= 0.3 is 5.97 Å². The molecule has 1 atom stereocenters. The lowest BCUT2D eigenvalue weighted by molar-refractivity contribution is -0.143. The van der Waals surface area contributed by atoms with E-state index in [-0.39, 0.29) is 0 Å². The maximum atomic E-state index is 11.3. The van der Waals surface area contributed by atoms with E-state index in [1.807, 2.05) is 0 Å². The van der Waals surface area contributed by atoms with E-state index in [2.05, 4.69) is 0 Å². The van der Waals surface area contributed by atoms with E-state index in [1.54, 1.807) is 6.92 Å². The van der Waals surface area contributed by atoms with Gasteiger partial charge in [0.1, 0.15) is 0 Å². The molecule has 0 aromatic carbocycles. The van der Waals surface area contributed by atoms with Crippen LogP contribution in [0.4, 0.5) is 0 Å². The summed E-state index contributed by atoms with van der Waals surface area (Å²) in [7, 11) is 0. The van der Waals surface area contributed by atoms with Crippen molar-refractivity contribution < 1.29 is 9.90 Å². The maximum absolute atomic E-state index is 11.3. The zero-order chi connectivity index (χ0) is 14.8. The predicted molar refractivity (Wildman–Crippen MR) is 83.7 cm³/mol. The standard InChI is InChI=1S/C17H33NO2/c1-15(16(19)20)17(18)13-11-9-7-5-3-2-4-6-8-10-12-14-17/h15H,2-14,18H2,1H3,(H,19,20)/t15-/m0/s1. The van der Waals surface area contributed by atoms with E-state index >= 15 is 0 Å². The van der Waals surface area contributed by atoms with Crippen LogP contribution in [0.1, 0.15) is 90.4 Å². The van der Waals surface area contributed by atoms with Gasteiger partial charge in [-0.3, -0.25) is 4.79 Å². The van der Waals surface area contributed by atoms with Gasteiger partial charge in [-0.2, -0.15) is 0 Å². The van der Waals surface area contributed by atoms with E-state index in [0.717, 1.165) is 25.7 Å². The van der Waals surface area contributed by atoms with Gasteiger partial charge in [0.25, 0.3) is 0 Å². The summed E-state index contributed by atoms with van der Waals surface area (Å²) in [4.78, 5) is 11.3. The summed E-state index contributed by atoms with van der Waals surface area (Å²) in [5, 5.41) is 9.29. The summed E-state index contributed by atoms with van der Waals surface area (Å²) < 4.78 is 0. The Balaban J connectivity index is 2.53. The van der Waals surface area contributed by atoms with Crippen LogP contribution in [-0.4, -0.2) is 16.6 Å². The summed E-state index contributed by atoms with van der Waals surface area (Å²) in [6, 6.07) is 0. The molecule has 0 heterocycles. The number of aliphatic carboxylic acids is 1. The van der Waals surface area contributed by atoms with Gasteiger partial charge in [-0.15, -0.1) is 0 Å². The number of hydrogen-bond donors (Lipinski definition) is 2. The Morgan fingerprint density at radius 2 is 1.15 bits per heavy atom. The molecule has 3 nitrogen and oxygen atoms in total. The fraction of sp³-hybridized carbons (Fsp3) is 0.941. The Hall–Kier alpha value is -0.570. The highest BCUT2D eigenvalue weighted by Crippen LogP contribution is 2.29. The zero-order valence-corrected chi connectivity index (χ0v) is 13.2. The first-order chi connectivity index (χ1) is 9.56. The lowest BCUT2D eigenvalue weighted by Gasteiger charge is -2.33. The summed E-state index contributed by atoms with van der Waals surface area (Å²) >= 11 is 0. The van der Waals surface area contributed by atoms with Gasteiger partial charge in [-0.1, -0.05) is 77.6 Å². The molecule has 3 N–H and O–H groups in total. The SMILES string of the molecule is C[C@@H](C(=O)O)C1(N)CCCCCCCCCCCCC1. The summed E-state index contributed by atoms with van der Waals surface area (Å²) in [5.41, 5.74) is 5.97. The summed E-state index contributed by atoms with van der Waals surface area (Å²) in [6.07, 6.45) is 15.6.